The highest BCUT2D eigenvalue weighted by atomic mass is 35.5. The van der Waals surface area contributed by atoms with Crippen molar-refractivity contribution >= 4 is 34.4 Å². The van der Waals surface area contributed by atoms with Gasteiger partial charge in [-0.25, -0.2) is 0 Å². The average molecular weight is 428 g/mol. The number of fused-ring (bicyclic) bond motifs is 2. The van der Waals surface area contributed by atoms with Crippen molar-refractivity contribution in [1.82, 2.24) is 4.98 Å². The van der Waals surface area contributed by atoms with Crippen LogP contribution < -0.4 is 9.47 Å². The zero-order valence-electron chi connectivity index (χ0n) is 16.8. The van der Waals surface area contributed by atoms with E-state index in [0.717, 1.165) is 27.6 Å². The van der Waals surface area contributed by atoms with Gasteiger partial charge in [-0.15, -0.1) is 0 Å². The molecule has 0 spiro atoms. The number of benzene rings is 3. The zero-order valence-corrected chi connectivity index (χ0v) is 17.5. The number of carbonyl (C=O) groups is 1. The highest BCUT2D eigenvalue weighted by Gasteiger charge is 2.19. The second-order valence-corrected chi connectivity index (χ2v) is 7.72. The van der Waals surface area contributed by atoms with Crippen LogP contribution in [0.5, 0.6) is 11.5 Å². The first-order valence-corrected chi connectivity index (χ1v) is 10.3. The summed E-state index contributed by atoms with van der Waals surface area (Å²) in [6.07, 6.45) is 3.36. The number of aromatic nitrogens is 1. The molecule has 1 aliphatic rings. The fraction of sp³-hybridized carbons (Fsp3) is 0.0769. The Kier molecular flexibility index (Phi) is 4.92. The maximum Gasteiger partial charge on any atom is 0.231 e. The fourth-order valence-electron chi connectivity index (χ4n) is 3.82. The molecule has 0 unspecified atom stereocenters. The highest BCUT2D eigenvalue weighted by Crippen LogP contribution is 2.35. The Hall–Kier alpha value is -3.63. The molecule has 1 aromatic heterocycles. The third-order valence-electron chi connectivity index (χ3n) is 5.28. The number of pyridine rings is 1. The lowest BCUT2D eigenvalue weighted by molar-refractivity contribution is 0.104. The fourth-order valence-corrected chi connectivity index (χ4v) is 3.95. The summed E-state index contributed by atoms with van der Waals surface area (Å²) in [5.41, 5.74) is 4.76. The van der Waals surface area contributed by atoms with Gasteiger partial charge in [-0.3, -0.25) is 9.78 Å². The van der Waals surface area contributed by atoms with Crippen LogP contribution in [0.4, 0.5) is 0 Å². The van der Waals surface area contributed by atoms with Crippen LogP contribution in [0, 0.1) is 6.92 Å². The number of ether oxygens (including phenoxy) is 2. The molecule has 5 heteroatoms. The summed E-state index contributed by atoms with van der Waals surface area (Å²) >= 11 is 6.10. The third-order valence-corrected chi connectivity index (χ3v) is 5.53. The van der Waals surface area contributed by atoms with Crippen LogP contribution in [0.25, 0.3) is 28.1 Å². The maximum atomic E-state index is 13.4. The molecule has 3 aromatic carbocycles. The van der Waals surface area contributed by atoms with E-state index >= 15 is 0 Å². The van der Waals surface area contributed by atoms with Crippen LogP contribution in [-0.2, 0) is 0 Å². The molecule has 152 valence electrons. The van der Waals surface area contributed by atoms with Crippen molar-refractivity contribution in [2.45, 2.75) is 6.92 Å². The van der Waals surface area contributed by atoms with Crippen LogP contribution in [0.3, 0.4) is 0 Å². The Morgan fingerprint density at radius 3 is 2.61 bits per heavy atom. The summed E-state index contributed by atoms with van der Waals surface area (Å²) < 4.78 is 10.8. The lowest BCUT2D eigenvalue weighted by atomic mass is 9.92. The summed E-state index contributed by atoms with van der Waals surface area (Å²) in [5, 5.41) is 1.57. The lowest BCUT2D eigenvalue weighted by Gasteiger charge is -2.14. The molecule has 1 aliphatic heterocycles. The van der Waals surface area contributed by atoms with Gasteiger partial charge in [0.2, 0.25) is 6.79 Å². The predicted octanol–water partition coefficient (Wildman–Crippen LogP) is 6.49. The molecule has 0 atom stereocenters. The molecule has 0 saturated heterocycles. The Balaban J connectivity index is 1.61. The Labute approximate surface area is 184 Å². The van der Waals surface area contributed by atoms with Crippen molar-refractivity contribution in [2.75, 3.05) is 6.79 Å². The molecule has 5 rings (SSSR count). The van der Waals surface area contributed by atoms with Crippen molar-refractivity contribution in [3.8, 4) is 22.6 Å². The van der Waals surface area contributed by atoms with Gasteiger partial charge < -0.3 is 9.47 Å². The van der Waals surface area contributed by atoms with Crippen molar-refractivity contribution in [3.05, 3.63) is 94.6 Å². The summed E-state index contributed by atoms with van der Waals surface area (Å²) in [4.78, 5) is 18.1. The minimum absolute atomic E-state index is 0.113. The number of hydrogen-bond acceptors (Lipinski definition) is 4. The van der Waals surface area contributed by atoms with Crippen LogP contribution in [0.1, 0.15) is 21.6 Å². The number of nitrogens with zero attached hydrogens (tertiary/aromatic N) is 1. The van der Waals surface area contributed by atoms with E-state index in [4.69, 9.17) is 21.1 Å². The first-order chi connectivity index (χ1) is 15.1. The van der Waals surface area contributed by atoms with Gasteiger partial charge in [0.15, 0.2) is 17.3 Å². The molecular weight excluding hydrogens is 410 g/mol. The molecular formula is C26H18ClNO3. The van der Waals surface area contributed by atoms with Gasteiger partial charge >= 0.3 is 0 Å². The van der Waals surface area contributed by atoms with E-state index in [1.807, 2.05) is 73.7 Å². The van der Waals surface area contributed by atoms with E-state index in [2.05, 4.69) is 4.98 Å². The van der Waals surface area contributed by atoms with Crippen LogP contribution >= 0.6 is 11.6 Å². The molecule has 0 saturated carbocycles. The average Bonchev–Trinajstić information content (AvgIpc) is 3.25. The summed E-state index contributed by atoms with van der Waals surface area (Å²) in [5.74, 6) is 1.28. The predicted molar refractivity (Wildman–Crippen MR) is 123 cm³/mol. The molecule has 31 heavy (non-hydrogen) atoms. The molecule has 2 heterocycles. The van der Waals surface area contributed by atoms with E-state index in [1.54, 1.807) is 12.2 Å². The molecule has 4 nitrogen and oxygen atoms in total. The largest absolute Gasteiger partial charge is 0.454 e. The number of carbonyl (C=O) groups excluding carboxylic acids is 1. The number of aryl methyl sites for hydroxylation is 1. The summed E-state index contributed by atoms with van der Waals surface area (Å²) in [7, 11) is 0. The third kappa shape index (κ3) is 3.66. The van der Waals surface area contributed by atoms with Crippen molar-refractivity contribution in [2.24, 2.45) is 0 Å². The van der Waals surface area contributed by atoms with E-state index in [9.17, 15) is 4.79 Å². The smallest absolute Gasteiger partial charge is 0.231 e. The number of ketones is 1. The molecule has 0 aliphatic carbocycles. The van der Waals surface area contributed by atoms with Crippen LogP contribution in [-0.4, -0.2) is 17.6 Å². The molecule has 0 N–H and O–H groups in total. The normalized spacial score (nSPS) is 12.6. The lowest BCUT2D eigenvalue weighted by Crippen LogP contribution is -2.05. The van der Waals surface area contributed by atoms with Gasteiger partial charge in [0.1, 0.15) is 0 Å². The summed E-state index contributed by atoms with van der Waals surface area (Å²) in [6.45, 7) is 2.08. The topological polar surface area (TPSA) is 48.4 Å². The molecule has 0 bridgehead atoms. The van der Waals surface area contributed by atoms with E-state index < -0.39 is 0 Å². The minimum atomic E-state index is -0.113. The standard InChI is InChI=1S/C26H18ClNO3/c1-16-25(22(29)12-6-17-7-13-23-24(14-17)31-15-30-23)26(18-8-10-19(27)11-9-18)20-4-2-3-5-21(20)28-16/h2-14H,15H2,1H3. The van der Waals surface area contributed by atoms with E-state index in [-0.39, 0.29) is 12.6 Å². The van der Waals surface area contributed by atoms with Gasteiger partial charge in [-0.05, 0) is 54.5 Å². The Morgan fingerprint density at radius 1 is 1.00 bits per heavy atom. The van der Waals surface area contributed by atoms with Gasteiger partial charge in [-0.1, -0.05) is 54.1 Å². The molecule has 4 aromatic rings. The number of hydrogen-bond donors (Lipinski definition) is 0. The highest BCUT2D eigenvalue weighted by molar-refractivity contribution is 6.30. The molecule has 0 fully saturated rings. The van der Waals surface area contributed by atoms with Crippen LogP contribution in [0.2, 0.25) is 5.02 Å². The Bertz CT molecular complexity index is 1340. The number of allylic oxidation sites excluding steroid dienone is 1. The second kappa shape index (κ2) is 7.89. The summed E-state index contributed by atoms with van der Waals surface area (Å²) in [6, 6.07) is 21.0. The number of rotatable bonds is 4. The van der Waals surface area contributed by atoms with Gasteiger partial charge in [0, 0.05) is 21.7 Å². The monoisotopic (exact) mass is 427 g/mol. The number of halogens is 1. The minimum Gasteiger partial charge on any atom is -0.454 e. The molecule has 0 amide bonds. The Morgan fingerprint density at radius 2 is 1.77 bits per heavy atom. The van der Waals surface area contributed by atoms with Crippen molar-refractivity contribution in [1.29, 1.82) is 0 Å². The second-order valence-electron chi connectivity index (χ2n) is 7.28. The first kappa shape index (κ1) is 19.3. The van der Waals surface area contributed by atoms with E-state index in [0.29, 0.717) is 27.8 Å². The SMILES string of the molecule is Cc1nc2ccccc2c(-c2ccc(Cl)cc2)c1C(=O)C=Cc1ccc2c(c1)OCO2. The van der Waals surface area contributed by atoms with Crippen molar-refractivity contribution < 1.29 is 14.3 Å². The van der Waals surface area contributed by atoms with Gasteiger partial charge in [0.25, 0.3) is 0 Å². The quantitative estimate of drug-likeness (QED) is 0.276. The van der Waals surface area contributed by atoms with Gasteiger partial charge in [-0.2, -0.15) is 0 Å². The van der Waals surface area contributed by atoms with Crippen LogP contribution in [0.15, 0.2) is 72.8 Å². The maximum absolute atomic E-state index is 13.4. The van der Waals surface area contributed by atoms with E-state index in [1.165, 1.54) is 0 Å². The molecule has 0 radical (unpaired) electrons. The first-order valence-electron chi connectivity index (χ1n) is 9.87. The van der Waals surface area contributed by atoms with Crippen molar-refractivity contribution in [3.63, 3.8) is 0 Å². The van der Waals surface area contributed by atoms with Gasteiger partial charge in [0.05, 0.1) is 11.1 Å². The number of para-hydroxylation sites is 1. The zero-order chi connectivity index (χ0) is 21.4.